The molecule has 0 amide bonds. The van der Waals surface area contributed by atoms with Gasteiger partial charge in [0.1, 0.15) is 0 Å². The molecule has 0 saturated heterocycles. The summed E-state index contributed by atoms with van der Waals surface area (Å²) in [5.74, 6) is 0. The Morgan fingerprint density at radius 3 is 1.06 bits per heavy atom. The predicted octanol–water partition coefficient (Wildman–Crippen LogP) is -0.0282. The maximum absolute atomic E-state index is 9.01. The van der Waals surface area contributed by atoms with Gasteiger partial charge >= 0.3 is 0 Å². The first-order valence-electron chi connectivity index (χ1n) is 10.7. The molecule has 0 rings (SSSR count). The monoisotopic (exact) mass is 459 g/mol. The van der Waals surface area contributed by atoms with Gasteiger partial charge in [0.2, 0.25) is 0 Å². The van der Waals surface area contributed by atoms with E-state index < -0.39 is 10.8 Å². The lowest BCUT2D eigenvalue weighted by molar-refractivity contribution is -0.0698. The van der Waals surface area contributed by atoms with E-state index in [-0.39, 0.29) is 63.7 Å². The van der Waals surface area contributed by atoms with Crippen LogP contribution in [0.1, 0.15) is 55.4 Å². The number of hydrogen-bond acceptors (Lipinski definition) is 9. The van der Waals surface area contributed by atoms with E-state index >= 15 is 0 Å². The van der Waals surface area contributed by atoms with Crippen LogP contribution in [0.4, 0.5) is 0 Å². The normalized spacial score (nSPS) is 12.0. The molecule has 0 fully saturated rings. The smallest absolute Gasteiger partial charge is 0.0629 e. The van der Waals surface area contributed by atoms with Gasteiger partial charge in [0, 0.05) is 17.4 Å². The molecule has 0 bridgehead atoms. The molecular weight excluding hydrogens is 406 g/mol. The third-order valence-corrected chi connectivity index (χ3v) is 4.06. The van der Waals surface area contributed by atoms with Crippen molar-refractivity contribution in [3.8, 4) is 0 Å². The molecule has 0 saturated carbocycles. The van der Waals surface area contributed by atoms with Gasteiger partial charge in [0.15, 0.2) is 0 Å². The molecule has 0 aromatic carbocycles. The quantitative estimate of drug-likeness (QED) is 0.211. The SMILES string of the molecule is CC.CC(C)(C)COCC(CO)(CO)CO.CC(C)(CO)CO.CC(CN)(CO)CO. The number of ether oxygens (including phenoxy) is 1. The minimum absolute atomic E-state index is 0.0451. The Morgan fingerprint density at radius 2 is 0.935 bits per heavy atom. The van der Waals surface area contributed by atoms with Crippen LogP contribution in [-0.4, -0.2) is 102 Å². The second-order valence-electron chi connectivity index (χ2n) is 9.84. The summed E-state index contributed by atoms with van der Waals surface area (Å²) in [4.78, 5) is 0. The largest absolute Gasteiger partial charge is 0.396 e. The zero-order valence-corrected chi connectivity index (χ0v) is 21.2. The zero-order valence-electron chi connectivity index (χ0n) is 21.2. The summed E-state index contributed by atoms with van der Waals surface area (Å²) in [7, 11) is 0. The van der Waals surface area contributed by atoms with E-state index in [2.05, 4.69) is 0 Å². The maximum Gasteiger partial charge on any atom is 0.0629 e. The summed E-state index contributed by atoms with van der Waals surface area (Å²) in [6, 6.07) is 0. The van der Waals surface area contributed by atoms with Crippen molar-refractivity contribution in [1.82, 2.24) is 0 Å². The highest BCUT2D eigenvalue weighted by molar-refractivity contribution is 4.77. The highest BCUT2D eigenvalue weighted by Crippen LogP contribution is 2.18. The first-order valence-corrected chi connectivity index (χ1v) is 10.7. The number of hydrogen-bond donors (Lipinski definition) is 8. The minimum Gasteiger partial charge on any atom is -0.396 e. The summed E-state index contributed by atoms with van der Waals surface area (Å²) in [6.07, 6.45) is 0. The van der Waals surface area contributed by atoms with Crippen molar-refractivity contribution in [2.75, 3.05) is 66.0 Å². The van der Waals surface area contributed by atoms with Crippen LogP contribution in [0.25, 0.3) is 0 Å². The second-order valence-corrected chi connectivity index (χ2v) is 9.84. The fourth-order valence-electron chi connectivity index (χ4n) is 1.09. The van der Waals surface area contributed by atoms with Crippen molar-refractivity contribution < 1.29 is 40.5 Å². The van der Waals surface area contributed by atoms with E-state index in [1.807, 2.05) is 34.6 Å². The highest BCUT2D eigenvalue weighted by Gasteiger charge is 2.29. The average molecular weight is 460 g/mol. The van der Waals surface area contributed by atoms with Gasteiger partial charge in [-0.1, -0.05) is 55.4 Å². The van der Waals surface area contributed by atoms with Gasteiger partial charge in [-0.2, -0.15) is 0 Å². The van der Waals surface area contributed by atoms with E-state index in [1.54, 1.807) is 20.8 Å². The van der Waals surface area contributed by atoms with E-state index in [1.165, 1.54) is 0 Å². The number of rotatable bonds is 11. The van der Waals surface area contributed by atoms with E-state index in [9.17, 15) is 0 Å². The molecule has 9 heteroatoms. The molecule has 0 aromatic heterocycles. The summed E-state index contributed by atoms with van der Waals surface area (Å²) in [5, 5.41) is 61.0. The Kier molecular flexibility index (Phi) is 24.8. The maximum atomic E-state index is 9.01. The first kappa shape index (κ1) is 37.9. The van der Waals surface area contributed by atoms with Crippen molar-refractivity contribution in [3.63, 3.8) is 0 Å². The molecule has 0 spiro atoms. The molecule has 9 N–H and O–H groups in total. The molecule has 31 heavy (non-hydrogen) atoms. The zero-order chi connectivity index (χ0) is 25.8. The molecule has 0 atom stereocenters. The van der Waals surface area contributed by atoms with Gasteiger partial charge in [-0.15, -0.1) is 0 Å². The first-order chi connectivity index (χ1) is 14.2. The van der Waals surface area contributed by atoms with Gasteiger partial charge in [-0.05, 0) is 5.41 Å². The third-order valence-electron chi connectivity index (χ3n) is 4.06. The van der Waals surface area contributed by atoms with Crippen molar-refractivity contribution in [2.24, 2.45) is 27.4 Å². The van der Waals surface area contributed by atoms with Gasteiger partial charge in [0.25, 0.3) is 0 Å². The second kappa shape index (κ2) is 20.3. The Balaban J connectivity index is -0.000000183. The Labute approximate surface area is 189 Å². The summed E-state index contributed by atoms with van der Waals surface area (Å²) in [6.45, 7) is 15.6. The van der Waals surface area contributed by atoms with Crippen LogP contribution in [-0.2, 0) is 4.74 Å². The standard InChI is InChI=1S/C10H22O4.C5H13NO2.C5H12O2.C2H6/c1-9(2,3)7-14-8-10(4-11,5-12)6-13;1-5(2-6,3-7)4-8;1-5(2,3-6)4-7;1-2/h11-13H,4-8H2,1-3H3;7-8H,2-4,6H2,1H3;6-7H,3-4H2,1-2H3;1-2H3. The summed E-state index contributed by atoms with van der Waals surface area (Å²) in [5.41, 5.74) is 3.55. The van der Waals surface area contributed by atoms with Crippen molar-refractivity contribution in [3.05, 3.63) is 0 Å². The molecule has 0 radical (unpaired) electrons. The molecule has 0 unspecified atom stereocenters. The fourth-order valence-corrected chi connectivity index (χ4v) is 1.09. The van der Waals surface area contributed by atoms with Crippen molar-refractivity contribution in [2.45, 2.75) is 55.4 Å². The van der Waals surface area contributed by atoms with E-state index in [0.29, 0.717) is 13.2 Å². The topological polar surface area (TPSA) is 177 Å². The molecule has 9 nitrogen and oxygen atoms in total. The van der Waals surface area contributed by atoms with Crippen LogP contribution < -0.4 is 5.73 Å². The minimum atomic E-state index is -0.911. The van der Waals surface area contributed by atoms with E-state index in [4.69, 9.17) is 46.2 Å². The van der Waals surface area contributed by atoms with Gasteiger partial charge in [-0.3, -0.25) is 0 Å². The van der Waals surface area contributed by atoms with Crippen LogP contribution in [0, 0.1) is 21.7 Å². The van der Waals surface area contributed by atoms with Crippen LogP contribution >= 0.6 is 0 Å². The molecule has 0 aliphatic carbocycles. The van der Waals surface area contributed by atoms with Crippen LogP contribution in [0.5, 0.6) is 0 Å². The van der Waals surface area contributed by atoms with Crippen LogP contribution in [0.3, 0.4) is 0 Å². The van der Waals surface area contributed by atoms with E-state index in [0.717, 1.165) is 0 Å². The third kappa shape index (κ3) is 22.6. The summed E-state index contributed by atoms with van der Waals surface area (Å²) < 4.78 is 5.36. The Bertz CT molecular complexity index is 342. The molecule has 0 aromatic rings. The molecule has 194 valence electrons. The van der Waals surface area contributed by atoms with Gasteiger partial charge in [0.05, 0.1) is 64.9 Å². The van der Waals surface area contributed by atoms with Crippen molar-refractivity contribution in [1.29, 1.82) is 0 Å². The van der Waals surface area contributed by atoms with Gasteiger partial charge < -0.3 is 46.2 Å². The molecular formula is C22H53NO8. The number of aliphatic hydroxyl groups is 7. The average Bonchev–Trinajstić information content (AvgIpc) is 2.78. The summed E-state index contributed by atoms with van der Waals surface area (Å²) >= 11 is 0. The van der Waals surface area contributed by atoms with Crippen LogP contribution in [0.15, 0.2) is 0 Å². The lowest BCUT2D eigenvalue weighted by Gasteiger charge is -2.28. The molecule has 0 heterocycles. The number of nitrogens with two attached hydrogens (primary N) is 1. The van der Waals surface area contributed by atoms with Gasteiger partial charge in [-0.25, -0.2) is 0 Å². The highest BCUT2D eigenvalue weighted by atomic mass is 16.5. The predicted molar refractivity (Wildman–Crippen MR) is 125 cm³/mol. The lowest BCUT2D eigenvalue weighted by Crippen LogP contribution is -2.39. The Morgan fingerprint density at radius 1 is 0.581 bits per heavy atom. The van der Waals surface area contributed by atoms with Crippen LogP contribution in [0.2, 0.25) is 0 Å². The van der Waals surface area contributed by atoms with Crippen molar-refractivity contribution >= 4 is 0 Å². The Hall–Kier alpha value is -0.360. The number of aliphatic hydroxyl groups excluding tert-OH is 7. The molecule has 0 aliphatic rings. The lowest BCUT2D eigenvalue weighted by atomic mass is 9.92. The fraction of sp³-hybridized carbons (Fsp3) is 1.00. The molecule has 0 aliphatic heterocycles.